The maximum absolute atomic E-state index is 12.3. The first-order chi connectivity index (χ1) is 9.20. The summed E-state index contributed by atoms with van der Waals surface area (Å²) in [5, 5.41) is 6.50. The van der Waals surface area contributed by atoms with Crippen LogP contribution in [0.15, 0.2) is 18.2 Å². The molecule has 1 aliphatic carbocycles. The Morgan fingerprint density at radius 1 is 1.32 bits per heavy atom. The Bertz CT molecular complexity index is 436. The van der Waals surface area contributed by atoms with E-state index in [2.05, 4.69) is 30.5 Å². The molecule has 1 aromatic carbocycles. The van der Waals surface area contributed by atoms with Gasteiger partial charge in [0.25, 0.3) is 5.91 Å². The molecule has 1 aromatic rings. The zero-order chi connectivity index (χ0) is 13.7. The van der Waals surface area contributed by atoms with Crippen molar-refractivity contribution in [2.24, 2.45) is 0 Å². The molecular weight excluding hydrogens is 236 g/mol. The van der Waals surface area contributed by atoms with Crippen molar-refractivity contribution in [3.63, 3.8) is 0 Å². The standard InChI is InChI=1S/C16H24N2O/c1-3-10-17-15-11-12(2)8-9-14(15)16(19)18-13-6-4-5-7-13/h8-9,11,13,17H,3-7,10H2,1-2H3,(H,18,19). The number of rotatable bonds is 5. The van der Waals surface area contributed by atoms with Crippen molar-refractivity contribution >= 4 is 11.6 Å². The van der Waals surface area contributed by atoms with Crippen LogP contribution in [0, 0.1) is 6.92 Å². The van der Waals surface area contributed by atoms with E-state index in [4.69, 9.17) is 0 Å². The van der Waals surface area contributed by atoms with E-state index in [1.807, 2.05) is 12.1 Å². The van der Waals surface area contributed by atoms with Gasteiger partial charge in [0, 0.05) is 18.3 Å². The van der Waals surface area contributed by atoms with Crippen LogP contribution >= 0.6 is 0 Å². The molecule has 0 atom stereocenters. The van der Waals surface area contributed by atoms with Gasteiger partial charge in [0.2, 0.25) is 0 Å². The van der Waals surface area contributed by atoms with Gasteiger partial charge in [0.05, 0.1) is 5.56 Å². The van der Waals surface area contributed by atoms with Gasteiger partial charge in [-0.1, -0.05) is 25.8 Å². The van der Waals surface area contributed by atoms with Gasteiger partial charge in [0.1, 0.15) is 0 Å². The highest BCUT2D eigenvalue weighted by atomic mass is 16.1. The second-order valence-electron chi connectivity index (χ2n) is 5.43. The average Bonchev–Trinajstić information content (AvgIpc) is 2.89. The molecular formula is C16H24N2O. The number of hydrogen-bond donors (Lipinski definition) is 2. The molecule has 0 aromatic heterocycles. The van der Waals surface area contributed by atoms with Crippen LogP contribution in [0.25, 0.3) is 0 Å². The molecule has 0 unspecified atom stereocenters. The summed E-state index contributed by atoms with van der Waals surface area (Å²) < 4.78 is 0. The first-order valence-electron chi connectivity index (χ1n) is 7.36. The highest BCUT2D eigenvalue weighted by Crippen LogP contribution is 2.21. The number of carbonyl (C=O) groups is 1. The van der Waals surface area contributed by atoms with Crippen LogP contribution in [0.3, 0.4) is 0 Å². The Balaban J connectivity index is 2.10. The van der Waals surface area contributed by atoms with Crippen molar-refractivity contribution < 1.29 is 4.79 Å². The average molecular weight is 260 g/mol. The van der Waals surface area contributed by atoms with Gasteiger partial charge >= 0.3 is 0 Å². The first kappa shape index (κ1) is 13.9. The lowest BCUT2D eigenvalue weighted by atomic mass is 10.1. The number of aryl methyl sites for hydroxylation is 1. The van der Waals surface area contributed by atoms with Crippen LogP contribution < -0.4 is 10.6 Å². The predicted octanol–water partition coefficient (Wildman–Crippen LogP) is 3.49. The number of hydrogen-bond acceptors (Lipinski definition) is 2. The maximum atomic E-state index is 12.3. The normalized spacial score (nSPS) is 15.5. The molecule has 0 radical (unpaired) electrons. The molecule has 3 heteroatoms. The van der Waals surface area contributed by atoms with Crippen molar-refractivity contribution in [3.8, 4) is 0 Å². The molecule has 0 spiro atoms. The van der Waals surface area contributed by atoms with E-state index < -0.39 is 0 Å². The van der Waals surface area contributed by atoms with Crippen molar-refractivity contribution in [2.75, 3.05) is 11.9 Å². The Kier molecular flexibility index (Phi) is 4.83. The smallest absolute Gasteiger partial charge is 0.253 e. The van der Waals surface area contributed by atoms with Crippen molar-refractivity contribution in [1.29, 1.82) is 0 Å². The van der Waals surface area contributed by atoms with E-state index in [0.29, 0.717) is 6.04 Å². The largest absolute Gasteiger partial charge is 0.384 e. The van der Waals surface area contributed by atoms with Crippen molar-refractivity contribution in [2.45, 2.75) is 52.0 Å². The van der Waals surface area contributed by atoms with Crippen LogP contribution in [-0.4, -0.2) is 18.5 Å². The summed E-state index contributed by atoms with van der Waals surface area (Å²) in [7, 11) is 0. The van der Waals surface area contributed by atoms with Gasteiger partial charge < -0.3 is 10.6 Å². The number of benzene rings is 1. The second kappa shape index (κ2) is 6.60. The second-order valence-corrected chi connectivity index (χ2v) is 5.43. The van der Waals surface area contributed by atoms with Gasteiger partial charge in [-0.15, -0.1) is 0 Å². The number of nitrogens with one attached hydrogen (secondary N) is 2. The van der Waals surface area contributed by atoms with E-state index in [9.17, 15) is 4.79 Å². The predicted molar refractivity (Wildman–Crippen MR) is 79.7 cm³/mol. The van der Waals surface area contributed by atoms with Gasteiger partial charge in [-0.2, -0.15) is 0 Å². The molecule has 1 saturated carbocycles. The molecule has 1 amide bonds. The molecule has 0 heterocycles. The molecule has 2 N–H and O–H groups in total. The summed E-state index contributed by atoms with van der Waals surface area (Å²) in [5.41, 5.74) is 2.90. The van der Waals surface area contributed by atoms with E-state index in [-0.39, 0.29) is 5.91 Å². The molecule has 0 aliphatic heterocycles. The molecule has 1 fully saturated rings. The molecule has 0 saturated heterocycles. The Hall–Kier alpha value is -1.51. The summed E-state index contributed by atoms with van der Waals surface area (Å²) in [6.07, 6.45) is 5.77. The molecule has 3 nitrogen and oxygen atoms in total. The van der Waals surface area contributed by atoms with Crippen LogP contribution in [0.4, 0.5) is 5.69 Å². The monoisotopic (exact) mass is 260 g/mol. The lowest BCUT2D eigenvalue weighted by molar-refractivity contribution is 0.0938. The van der Waals surface area contributed by atoms with E-state index in [0.717, 1.165) is 37.1 Å². The highest BCUT2D eigenvalue weighted by molar-refractivity contribution is 5.99. The van der Waals surface area contributed by atoms with Gasteiger partial charge in [-0.05, 0) is 43.9 Å². The van der Waals surface area contributed by atoms with Crippen LogP contribution in [-0.2, 0) is 0 Å². The minimum atomic E-state index is 0.0607. The summed E-state index contributed by atoms with van der Waals surface area (Å²) in [6, 6.07) is 6.35. The Labute approximate surface area is 115 Å². The summed E-state index contributed by atoms with van der Waals surface area (Å²) in [6.45, 7) is 5.07. The molecule has 0 bridgehead atoms. The molecule has 104 valence electrons. The Morgan fingerprint density at radius 2 is 2.05 bits per heavy atom. The quantitative estimate of drug-likeness (QED) is 0.851. The lowest BCUT2D eigenvalue weighted by Gasteiger charge is -2.16. The van der Waals surface area contributed by atoms with Gasteiger partial charge in [-0.25, -0.2) is 0 Å². The fourth-order valence-electron chi connectivity index (χ4n) is 2.60. The fourth-order valence-corrected chi connectivity index (χ4v) is 2.60. The van der Waals surface area contributed by atoms with Crippen LogP contribution in [0.5, 0.6) is 0 Å². The third-order valence-electron chi connectivity index (χ3n) is 3.68. The van der Waals surface area contributed by atoms with Gasteiger partial charge in [0.15, 0.2) is 0 Å². The van der Waals surface area contributed by atoms with E-state index >= 15 is 0 Å². The zero-order valence-corrected chi connectivity index (χ0v) is 12.0. The molecule has 1 aliphatic rings. The van der Waals surface area contributed by atoms with Gasteiger partial charge in [-0.3, -0.25) is 4.79 Å². The minimum absolute atomic E-state index is 0.0607. The highest BCUT2D eigenvalue weighted by Gasteiger charge is 2.19. The summed E-state index contributed by atoms with van der Waals surface area (Å²) in [4.78, 5) is 12.3. The number of carbonyl (C=O) groups excluding carboxylic acids is 1. The SMILES string of the molecule is CCCNc1cc(C)ccc1C(=O)NC1CCCC1. The lowest BCUT2D eigenvalue weighted by Crippen LogP contribution is -2.33. The Morgan fingerprint density at radius 3 is 2.74 bits per heavy atom. The van der Waals surface area contributed by atoms with E-state index in [1.165, 1.54) is 18.4 Å². The molecule has 2 rings (SSSR count). The number of anilines is 1. The fraction of sp³-hybridized carbons (Fsp3) is 0.562. The zero-order valence-electron chi connectivity index (χ0n) is 12.0. The summed E-state index contributed by atoms with van der Waals surface area (Å²) in [5.74, 6) is 0.0607. The maximum Gasteiger partial charge on any atom is 0.253 e. The molecule has 19 heavy (non-hydrogen) atoms. The summed E-state index contributed by atoms with van der Waals surface area (Å²) >= 11 is 0. The van der Waals surface area contributed by atoms with Crippen molar-refractivity contribution in [3.05, 3.63) is 29.3 Å². The topological polar surface area (TPSA) is 41.1 Å². The first-order valence-corrected chi connectivity index (χ1v) is 7.36. The van der Waals surface area contributed by atoms with E-state index in [1.54, 1.807) is 0 Å². The number of amides is 1. The van der Waals surface area contributed by atoms with Crippen LogP contribution in [0.1, 0.15) is 54.9 Å². The van der Waals surface area contributed by atoms with Crippen LogP contribution in [0.2, 0.25) is 0 Å². The third-order valence-corrected chi connectivity index (χ3v) is 3.68. The third kappa shape index (κ3) is 3.72. The minimum Gasteiger partial charge on any atom is -0.384 e. The van der Waals surface area contributed by atoms with Crippen molar-refractivity contribution in [1.82, 2.24) is 5.32 Å².